The first-order valence-electron chi connectivity index (χ1n) is 6.07. The molecule has 4 nitrogen and oxygen atoms in total. The molecule has 1 aromatic heterocycles. The van der Waals surface area contributed by atoms with Crippen molar-refractivity contribution in [1.29, 1.82) is 0 Å². The van der Waals surface area contributed by atoms with E-state index in [9.17, 15) is 4.79 Å². The molecule has 17 heavy (non-hydrogen) atoms. The number of unbranched alkanes of at least 4 members (excludes halogenated alkanes) is 3. The van der Waals surface area contributed by atoms with Gasteiger partial charge in [-0.3, -0.25) is 9.78 Å². The molecule has 1 rings (SSSR count). The van der Waals surface area contributed by atoms with E-state index in [0.29, 0.717) is 6.42 Å². The van der Waals surface area contributed by atoms with Crippen molar-refractivity contribution in [1.82, 2.24) is 4.98 Å². The number of pyridine rings is 1. The van der Waals surface area contributed by atoms with Crippen molar-refractivity contribution in [3.8, 4) is 0 Å². The Hall–Kier alpha value is -1.42. The summed E-state index contributed by atoms with van der Waals surface area (Å²) in [7, 11) is 0. The topological polar surface area (TPSA) is 76.2 Å². The molecule has 0 bridgehead atoms. The number of nitrogens with zero attached hydrogens (tertiary/aromatic N) is 1. The zero-order chi connectivity index (χ0) is 12.5. The van der Waals surface area contributed by atoms with Crippen LogP contribution in [-0.4, -0.2) is 22.1 Å². The second kappa shape index (κ2) is 7.79. The zero-order valence-corrected chi connectivity index (χ0v) is 10.0. The lowest BCUT2D eigenvalue weighted by molar-refractivity contribution is -0.138. The fourth-order valence-electron chi connectivity index (χ4n) is 1.72. The first-order chi connectivity index (χ1) is 8.20. The molecule has 0 saturated carbocycles. The summed E-state index contributed by atoms with van der Waals surface area (Å²) < 4.78 is 0. The highest BCUT2D eigenvalue weighted by molar-refractivity contribution is 5.72. The van der Waals surface area contributed by atoms with Gasteiger partial charge in [0.15, 0.2) is 0 Å². The van der Waals surface area contributed by atoms with E-state index >= 15 is 0 Å². The first kappa shape index (κ1) is 13.6. The molecular weight excluding hydrogens is 216 g/mol. The minimum atomic E-state index is -0.901. The number of carbonyl (C=O) groups is 1. The van der Waals surface area contributed by atoms with Gasteiger partial charge in [-0.1, -0.05) is 19.3 Å². The van der Waals surface area contributed by atoms with Crippen molar-refractivity contribution in [2.24, 2.45) is 5.73 Å². The number of nitrogens with two attached hydrogens (primary N) is 1. The van der Waals surface area contributed by atoms with Crippen LogP contribution in [0.1, 0.15) is 37.7 Å². The van der Waals surface area contributed by atoms with E-state index in [1.54, 1.807) is 12.4 Å². The van der Waals surface area contributed by atoms with Gasteiger partial charge in [0.05, 0.1) is 0 Å². The minimum Gasteiger partial charge on any atom is -0.480 e. The molecule has 3 N–H and O–H groups in total. The third-order valence-corrected chi connectivity index (χ3v) is 2.80. The highest BCUT2D eigenvalue weighted by atomic mass is 16.4. The Kier molecular flexibility index (Phi) is 6.25. The van der Waals surface area contributed by atoms with E-state index in [1.807, 2.05) is 12.1 Å². The largest absolute Gasteiger partial charge is 0.480 e. The fraction of sp³-hybridized carbons (Fsp3) is 0.538. The highest BCUT2D eigenvalue weighted by Gasteiger charge is 2.09. The van der Waals surface area contributed by atoms with E-state index in [4.69, 9.17) is 10.8 Å². The molecule has 0 saturated heterocycles. The third kappa shape index (κ3) is 6.02. The van der Waals surface area contributed by atoms with Crippen molar-refractivity contribution in [2.75, 3.05) is 0 Å². The van der Waals surface area contributed by atoms with Gasteiger partial charge < -0.3 is 10.8 Å². The van der Waals surface area contributed by atoms with Gasteiger partial charge in [0.25, 0.3) is 0 Å². The molecule has 0 unspecified atom stereocenters. The van der Waals surface area contributed by atoms with Crippen LogP contribution in [0.4, 0.5) is 0 Å². The number of aromatic nitrogens is 1. The lowest BCUT2D eigenvalue weighted by atomic mass is 10.0. The second-order valence-corrected chi connectivity index (χ2v) is 4.25. The minimum absolute atomic E-state index is 0.574. The Morgan fingerprint density at radius 3 is 2.53 bits per heavy atom. The normalized spacial score (nSPS) is 12.3. The van der Waals surface area contributed by atoms with Gasteiger partial charge in [-0.25, -0.2) is 0 Å². The molecule has 1 atom stereocenters. The van der Waals surface area contributed by atoms with Crippen molar-refractivity contribution >= 4 is 5.97 Å². The summed E-state index contributed by atoms with van der Waals surface area (Å²) in [4.78, 5) is 14.4. The molecule has 94 valence electrons. The Bertz CT molecular complexity index is 327. The van der Waals surface area contributed by atoms with E-state index in [0.717, 1.165) is 32.1 Å². The smallest absolute Gasteiger partial charge is 0.320 e. The molecule has 0 aliphatic rings. The summed E-state index contributed by atoms with van der Waals surface area (Å²) in [5.74, 6) is -0.901. The number of carboxylic acid groups (broad SMARTS) is 1. The van der Waals surface area contributed by atoms with E-state index in [1.165, 1.54) is 5.56 Å². The average molecular weight is 236 g/mol. The molecular formula is C13H20N2O2. The molecule has 1 heterocycles. The van der Waals surface area contributed by atoms with Gasteiger partial charge in [0, 0.05) is 12.4 Å². The summed E-state index contributed by atoms with van der Waals surface area (Å²) in [6, 6.07) is 3.36. The van der Waals surface area contributed by atoms with Crippen molar-refractivity contribution in [2.45, 2.75) is 44.6 Å². The average Bonchev–Trinajstić information content (AvgIpc) is 2.34. The van der Waals surface area contributed by atoms with Crippen LogP contribution in [0.2, 0.25) is 0 Å². The number of hydrogen-bond acceptors (Lipinski definition) is 3. The summed E-state index contributed by atoms with van der Waals surface area (Å²) >= 11 is 0. The number of rotatable bonds is 8. The molecule has 1 aromatic rings. The van der Waals surface area contributed by atoms with Crippen molar-refractivity contribution < 1.29 is 9.90 Å². The van der Waals surface area contributed by atoms with E-state index in [2.05, 4.69) is 4.98 Å². The molecule has 0 fully saturated rings. The van der Waals surface area contributed by atoms with E-state index < -0.39 is 12.0 Å². The van der Waals surface area contributed by atoms with Crippen LogP contribution in [0.25, 0.3) is 0 Å². The summed E-state index contributed by atoms with van der Waals surface area (Å²) in [6.07, 6.45) is 9.44. The SMILES string of the molecule is N[C@@H](CCCCCCc1ccncc1)C(=O)O. The Labute approximate surface area is 102 Å². The van der Waals surface area contributed by atoms with Gasteiger partial charge in [0.1, 0.15) is 6.04 Å². The van der Waals surface area contributed by atoms with Gasteiger partial charge in [-0.2, -0.15) is 0 Å². The van der Waals surface area contributed by atoms with E-state index in [-0.39, 0.29) is 0 Å². The molecule has 0 amide bonds. The van der Waals surface area contributed by atoms with Gasteiger partial charge >= 0.3 is 5.97 Å². The van der Waals surface area contributed by atoms with Crippen LogP contribution in [0.3, 0.4) is 0 Å². The summed E-state index contributed by atoms with van der Waals surface area (Å²) in [5.41, 5.74) is 6.72. The van der Waals surface area contributed by atoms with Gasteiger partial charge in [-0.05, 0) is 37.0 Å². The molecule has 0 aromatic carbocycles. The third-order valence-electron chi connectivity index (χ3n) is 2.80. The summed E-state index contributed by atoms with van der Waals surface area (Å²) in [5, 5.41) is 8.60. The number of hydrogen-bond donors (Lipinski definition) is 2. The van der Waals surface area contributed by atoms with Crippen LogP contribution in [0.5, 0.6) is 0 Å². The van der Waals surface area contributed by atoms with Gasteiger partial charge in [0.2, 0.25) is 0 Å². The molecule has 0 radical (unpaired) electrons. The monoisotopic (exact) mass is 236 g/mol. The van der Waals surface area contributed by atoms with Crippen molar-refractivity contribution in [3.05, 3.63) is 30.1 Å². The molecule has 0 aliphatic carbocycles. The Balaban J connectivity index is 2.00. The Morgan fingerprint density at radius 1 is 1.24 bits per heavy atom. The van der Waals surface area contributed by atoms with Crippen molar-refractivity contribution in [3.63, 3.8) is 0 Å². The van der Waals surface area contributed by atoms with Crippen LogP contribution in [-0.2, 0) is 11.2 Å². The quantitative estimate of drug-likeness (QED) is 0.677. The molecule has 0 spiro atoms. The standard InChI is InChI=1S/C13H20N2O2/c14-12(13(16)17)6-4-2-1-3-5-11-7-9-15-10-8-11/h7-10,12H,1-6,14H2,(H,16,17)/t12-/m0/s1. The number of aryl methyl sites for hydroxylation is 1. The molecule has 0 aliphatic heterocycles. The maximum Gasteiger partial charge on any atom is 0.320 e. The maximum absolute atomic E-state index is 10.5. The van der Waals surface area contributed by atoms with Crippen LogP contribution < -0.4 is 5.73 Å². The lowest BCUT2D eigenvalue weighted by Gasteiger charge is -2.05. The first-order valence-corrected chi connectivity index (χ1v) is 6.07. The molecule has 4 heteroatoms. The number of aliphatic carboxylic acids is 1. The zero-order valence-electron chi connectivity index (χ0n) is 10.0. The van der Waals surface area contributed by atoms with Gasteiger partial charge in [-0.15, -0.1) is 0 Å². The van der Waals surface area contributed by atoms with Crippen LogP contribution in [0.15, 0.2) is 24.5 Å². The predicted octanol–water partition coefficient (Wildman–Crippen LogP) is 1.99. The van der Waals surface area contributed by atoms with Crippen LogP contribution in [0, 0.1) is 0 Å². The number of carboxylic acids is 1. The predicted molar refractivity (Wildman–Crippen MR) is 66.6 cm³/mol. The second-order valence-electron chi connectivity index (χ2n) is 4.25. The summed E-state index contributed by atoms with van der Waals surface area (Å²) in [6.45, 7) is 0. The maximum atomic E-state index is 10.5. The lowest BCUT2D eigenvalue weighted by Crippen LogP contribution is -2.29. The fourth-order valence-corrected chi connectivity index (χ4v) is 1.72. The van der Waals surface area contributed by atoms with Crippen LogP contribution >= 0.6 is 0 Å². The highest BCUT2D eigenvalue weighted by Crippen LogP contribution is 2.09. The Morgan fingerprint density at radius 2 is 1.88 bits per heavy atom.